The molecular weight excluding hydrogens is 337 g/mol. The number of likely N-dealkylation sites (tertiary alicyclic amines) is 1. The van der Waals surface area contributed by atoms with Crippen molar-refractivity contribution < 1.29 is 36.6 Å². The molecule has 1 aliphatic rings. The van der Waals surface area contributed by atoms with Crippen molar-refractivity contribution in [3.05, 3.63) is 35.4 Å². The highest BCUT2D eigenvalue weighted by atomic mass is 19.4. The number of carboxylic acids is 1. The standard InChI is InChI=1S/C15H14F5NO3/c16-11-3-1-2-8(13(11)17)4-5-12(22)21-6-9(14(23)24)10(7-21)15(18,19)20/h1-3,9-10H,4-7H2,(H,23,24)/t9-,10-/m1/s1. The number of aryl methyl sites for hydroxylation is 1. The van der Waals surface area contributed by atoms with E-state index < -0.39 is 54.6 Å². The van der Waals surface area contributed by atoms with Gasteiger partial charge in [0.1, 0.15) is 0 Å². The number of carbonyl (C=O) groups excluding carboxylic acids is 1. The Balaban J connectivity index is 2.03. The maximum atomic E-state index is 13.5. The molecule has 9 heteroatoms. The first-order valence-corrected chi connectivity index (χ1v) is 7.11. The summed E-state index contributed by atoms with van der Waals surface area (Å²) in [5.41, 5.74) is -0.0651. The van der Waals surface area contributed by atoms with Gasteiger partial charge in [-0.05, 0) is 18.1 Å². The predicted molar refractivity (Wildman–Crippen MR) is 71.9 cm³/mol. The highest BCUT2D eigenvalue weighted by molar-refractivity contribution is 5.79. The highest BCUT2D eigenvalue weighted by Crippen LogP contribution is 2.38. The lowest BCUT2D eigenvalue weighted by Gasteiger charge is -2.18. The van der Waals surface area contributed by atoms with Crippen LogP contribution in [0.1, 0.15) is 12.0 Å². The van der Waals surface area contributed by atoms with Crippen molar-refractivity contribution in [3.8, 4) is 0 Å². The summed E-state index contributed by atoms with van der Waals surface area (Å²) in [6, 6.07) is 3.44. The summed E-state index contributed by atoms with van der Waals surface area (Å²) in [6.07, 6.45) is -5.25. The van der Waals surface area contributed by atoms with Crippen LogP contribution in [0.4, 0.5) is 22.0 Å². The van der Waals surface area contributed by atoms with Crippen LogP contribution in [0.3, 0.4) is 0 Å². The van der Waals surface area contributed by atoms with Crippen molar-refractivity contribution >= 4 is 11.9 Å². The average molecular weight is 351 g/mol. The minimum atomic E-state index is -4.73. The molecule has 0 aromatic heterocycles. The Labute approximate surface area is 133 Å². The van der Waals surface area contributed by atoms with Gasteiger partial charge in [0.05, 0.1) is 11.8 Å². The van der Waals surface area contributed by atoms with Crippen LogP contribution in [0.2, 0.25) is 0 Å². The number of nitrogens with zero attached hydrogens (tertiary/aromatic N) is 1. The number of benzene rings is 1. The molecule has 1 saturated heterocycles. The number of hydrogen-bond donors (Lipinski definition) is 1. The molecule has 1 aromatic carbocycles. The smallest absolute Gasteiger partial charge is 0.394 e. The summed E-state index contributed by atoms with van der Waals surface area (Å²) in [7, 11) is 0. The van der Waals surface area contributed by atoms with Gasteiger partial charge in [-0.3, -0.25) is 9.59 Å². The van der Waals surface area contributed by atoms with E-state index in [2.05, 4.69) is 0 Å². The zero-order valence-electron chi connectivity index (χ0n) is 12.3. The van der Waals surface area contributed by atoms with E-state index in [1.54, 1.807) is 0 Å². The maximum Gasteiger partial charge on any atom is 0.394 e. The van der Waals surface area contributed by atoms with Gasteiger partial charge in [-0.25, -0.2) is 8.78 Å². The van der Waals surface area contributed by atoms with Crippen LogP contribution in [0.25, 0.3) is 0 Å². The molecule has 1 aromatic rings. The van der Waals surface area contributed by atoms with Gasteiger partial charge in [0, 0.05) is 19.5 Å². The fourth-order valence-electron chi connectivity index (χ4n) is 2.73. The number of amides is 1. The second-order valence-electron chi connectivity index (χ2n) is 5.60. The molecule has 0 bridgehead atoms. The van der Waals surface area contributed by atoms with E-state index in [1.165, 1.54) is 12.1 Å². The third kappa shape index (κ3) is 3.82. The number of halogens is 5. The first kappa shape index (κ1) is 18.2. The normalized spacial score (nSPS) is 21.1. The molecule has 4 nitrogen and oxygen atoms in total. The van der Waals surface area contributed by atoms with Gasteiger partial charge in [-0.15, -0.1) is 0 Å². The van der Waals surface area contributed by atoms with Crippen LogP contribution in [-0.2, 0) is 16.0 Å². The van der Waals surface area contributed by atoms with E-state index in [1.807, 2.05) is 0 Å². The highest BCUT2D eigenvalue weighted by Gasteiger charge is 2.53. The second kappa shape index (κ2) is 6.74. The number of carboxylic acid groups (broad SMARTS) is 1. The number of aliphatic carboxylic acids is 1. The molecule has 1 amide bonds. The van der Waals surface area contributed by atoms with Gasteiger partial charge >= 0.3 is 12.1 Å². The van der Waals surface area contributed by atoms with E-state index in [0.717, 1.165) is 11.0 Å². The first-order chi connectivity index (χ1) is 11.1. The maximum absolute atomic E-state index is 13.5. The fraction of sp³-hybridized carbons (Fsp3) is 0.467. The van der Waals surface area contributed by atoms with Crippen LogP contribution in [0, 0.1) is 23.5 Å². The van der Waals surface area contributed by atoms with Gasteiger partial charge in [0.15, 0.2) is 11.6 Å². The quantitative estimate of drug-likeness (QED) is 0.849. The molecule has 0 spiro atoms. The monoisotopic (exact) mass is 351 g/mol. The molecule has 1 fully saturated rings. The molecule has 24 heavy (non-hydrogen) atoms. The Bertz CT molecular complexity index is 646. The van der Waals surface area contributed by atoms with Crippen LogP contribution in [0.15, 0.2) is 18.2 Å². The first-order valence-electron chi connectivity index (χ1n) is 7.11. The lowest BCUT2D eigenvalue weighted by Crippen LogP contribution is -2.34. The van der Waals surface area contributed by atoms with Gasteiger partial charge in [-0.1, -0.05) is 12.1 Å². The van der Waals surface area contributed by atoms with Gasteiger partial charge < -0.3 is 10.0 Å². The molecular formula is C15H14F5NO3. The molecule has 0 saturated carbocycles. The molecule has 0 radical (unpaired) electrons. The summed E-state index contributed by atoms with van der Waals surface area (Å²) >= 11 is 0. The van der Waals surface area contributed by atoms with E-state index >= 15 is 0 Å². The minimum absolute atomic E-state index is 0.0651. The summed E-state index contributed by atoms with van der Waals surface area (Å²) in [5, 5.41) is 8.89. The topological polar surface area (TPSA) is 57.6 Å². The SMILES string of the molecule is O=C(O)[C@@H]1CN(C(=O)CCc2cccc(F)c2F)C[C@H]1C(F)(F)F. The lowest BCUT2D eigenvalue weighted by atomic mass is 9.96. The summed E-state index contributed by atoms with van der Waals surface area (Å²) in [6.45, 7) is -1.30. The van der Waals surface area contributed by atoms with Crippen molar-refractivity contribution in [2.75, 3.05) is 13.1 Å². The molecule has 1 N–H and O–H groups in total. The van der Waals surface area contributed by atoms with Gasteiger partial charge in [-0.2, -0.15) is 13.2 Å². The number of alkyl halides is 3. The Hall–Kier alpha value is -2.19. The number of hydrogen-bond acceptors (Lipinski definition) is 2. The van der Waals surface area contributed by atoms with Crippen LogP contribution < -0.4 is 0 Å². The molecule has 1 heterocycles. The minimum Gasteiger partial charge on any atom is -0.481 e. The second-order valence-corrected chi connectivity index (χ2v) is 5.60. The number of carbonyl (C=O) groups is 2. The lowest BCUT2D eigenvalue weighted by molar-refractivity contribution is -0.188. The van der Waals surface area contributed by atoms with Crippen LogP contribution >= 0.6 is 0 Å². The molecule has 0 unspecified atom stereocenters. The molecule has 2 rings (SSSR count). The Kier molecular flexibility index (Phi) is 5.10. The van der Waals surface area contributed by atoms with Crippen molar-refractivity contribution in [1.82, 2.24) is 4.90 Å². The molecule has 132 valence electrons. The van der Waals surface area contributed by atoms with Crippen LogP contribution in [0.5, 0.6) is 0 Å². The third-order valence-electron chi connectivity index (χ3n) is 4.05. The molecule has 0 aliphatic carbocycles. The van der Waals surface area contributed by atoms with Gasteiger partial charge in [0.2, 0.25) is 5.91 Å². The zero-order chi connectivity index (χ0) is 18.1. The van der Waals surface area contributed by atoms with Crippen molar-refractivity contribution in [1.29, 1.82) is 0 Å². The molecule has 2 atom stereocenters. The average Bonchev–Trinajstić information content (AvgIpc) is 2.94. The summed E-state index contributed by atoms with van der Waals surface area (Å²) in [5.74, 6) is -8.39. The summed E-state index contributed by atoms with van der Waals surface area (Å²) in [4.78, 5) is 23.8. The van der Waals surface area contributed by atoms with Gasteiger partial charge in [0.25, 0.3) is 0 Å². The third-order valence-corrected chi connectivity index (χ3v) is 4.05. The van der Waals surface area contributed by atoms with Crippen LogP contribution in [-0.4, -0.2) is 41.1 Å². The Morgan fingerprint density at radius 2 is 1.88 bits per heavy atom. The fourth-order valence-corrected chi connectivity index (χ4v) is 2.73. The van der Waals surface area contributed by atoms with Crippen molar-refractivity contribution in [3.63, 3.8) is 0 Å². The predicted octanol–water partition coefficient (Wildman–Crippen LogP) is 2.62. The Morgan fingerprint density at radius 1 is 1.21 bits per heavy atom. The zero-order valence-corrected chi connectivity index (χ0v) is 12.3. The van der Waals surface area contributed by atoms with Crippen molar-refractivity contribution in [2.45, 2.75) is 19.0 Å². The van der Waals surface area contributed by atoms with E-state index in [0.29, 0.717) is 0 Å². The molecule has 1 aliphatic heterocycles. The number of rotatable bonds is 4. The largest absolute Gasteiger partial charge is 0.481 e. The van der Waals surface area contributed by atoms with Crippen molar-refractivity contribution in [2.24, 2.45) is 11.8 Å². The van der Waals surface area contributed by atoms with E-state index in [9.17, 15) is 31.5 Å². The Morgan fingerprint density at radius 3 is 2.42 bits per heavy atom. The van der Waals surface area contributed by atoms with E-state index in [-0.39, 0.29) is 18.4 Å². The summed E-state index contributed by atoms with van der Waals surface area (Å²) < 4.78 is 65.1. The van der Waals surface area contributed by atoms with E-state index in [4.69, 9.17) is 5.11 Å².